The lowest BCUT2D eigenvalue weighted by Gasteiger charge is -2.13. The van der Waals surface area contributed by atoms with Gasteiger partial charge in [-0.25, -0.2) is 0 Å². The molecule has 1 N–H and O–H groups in total. The van der Waals surface area contributed by atoms with Gasteiger partial charge in [-0.2, -0.15) is 0 Å². The molecule has 0 fully saturated rings. The van der Waals surface area contributed by atoms with Crippen LogP contribution in [0.1, 0.15) is 43.7 Å². The highest BCUT2D eigenvalue weighted by atomic mass is 14.8. The summed E-state index contributed by atoms with van der Waals surface area (Å²) in [5.41, 5.74) is 4.08. The zero-order valence-electron chi connectivity index (χ0n) is 13.4. The Kier molecular flexibility index (Phi) is 6.01. The Bertz CT molecular complexity index is 598. The van der Waals surface area contributed by atoms with Gasteiger partial charge in [0, 0.05) is 0 Å². The van der Waals surface area contributed by atoms with E-state index in [0.717, 1.165) is 19.4 Å². The van der Waals surface area contributed by atoms with Crippen molar-refractivity contribution in [2.24, 2.45) is 0 Å². The number of rotatable bonds is 8. The number of hydrogen-bond acceptors (Lipinski definition) is 1. The predicted molar refractivity (Wildman–Crippen MR) is 94.8 cm³/mol. The van der Waals surface area contributed by atoms with Crippen LogP contribution in [0.15, 0.2) is 43.0 Å². The summed E-state index contributed by atoms with van der Waals surface area (Å²) in [6.45, 7) is 7.56. The van der Waals surface area contributed by atoms with Crippen LogP contribution in [0.3, 0.4) is 0 Å². The van der Waals surface area contributed by atoms with Gasteiger partial charge in [-0.05, 0) is 72.8 Å². The van der Waals surface area contributed by atoms with Gasteiger partial charge in [0.05, 0.1) is 0 Å². The van der Waals surface area contributed by atoms with E-state index in [9.17, 15) is 0 Å². The monoisotopic (exact) mass is 281 g/mol. The topological polar surface area (TPSA) is 12.0 Å². The SMILES string of the molecule is C=C(CC)c1cc2ccccc2cc1CCCCCNC. The van der Waals surface area contributed by atoms with Gasteiger partial charge in [0.15, 0.2) is 0 Å². The van der Waals surface area contributed by atoms with Gasteiger partial charge in [0.1, 0.15) is 0 Å². The molecule has 2 aromatic carbocycles. The molecule has 1 heteroatoms. The van der Waals surface area contributed by atoms with Crippen molar-refractivity contribution in [1.82, 2.24) is 5.32 Å². The third-order valence-corrected chi connectivity index (χ3v) is 4.15. The van der Waals surface area contributed by atoms with Crippen LogP contribution in [0.25, 0.3) is 16.3 Å². The molecule has 2 rings (SSSR count). The molecular weight excluding hydrogens is 254 g/mol. The third kappa shape index (κ3) is 4.18. The number of hydrogen-bond donors (Lipinski definition) is 1. The summed E-state index contributed by atoms with van der Waals surface area (Å²) < 4.78 is 0. The fraction of sp³-hybridized carbons (Fsp3) is 0.400. The Morgan fingerprint density at radius 1 is 1.05 bits per heavy atom. The van der Waals surface area contributed by atoms with Crippen LogP contribution in [0.5, 0.6) is 0 Å². The van der Waals surface area contributed by atoms with E-state index in [2.05, 4.69) is 55.2 Å². The largest absolute Gasteiger partial charge is 0.320 e. The molecule has 112 valence electrons. The Morgan fingerprint density at radius 2 is 1.76 bits per heavy atom. The van der Waals surface area contributed by atoms with Crippen molar-refractivity contribution in [3.8, 4) is 0 Å². The normalized spacial score (nSPS) is 11.0. The van der Waals surface area contributed by atoms with Gasteiger partial charge in [0.2, 0.25) is 0 Å². The van der Waals surface area contributed by atoms with E-state index < -0.39 is 0 Å². The van der Waals surface area contributed by atoms with Gasteiger partial charge in [-0.1, -0.05) is 50.3 Å². The van der Waals surface area contributed by atoms with Crippen LogP contribution in [-0.4, -0.2) is 13.6 Å². The van der Waals surface area contributed by atoms with Crippen molar-refractivity contribution in [3.63, 3.8) is 0 Å². The number of benzene rings is 2. The van der Waals surface area contributed by atoms with Crippen molar-refractivity contribution >= 4 is 16.3 Å². The smallest absolute Gasteiger partial charge is 0.00519 e. The van der Waals surface area contributed by atoms with Crippen molar-refractivity contribution in [3.05, 3.63) is 54.1 Å². The molecule has 0 aliphatic heterocycles. The van der Waals surface area contributed by atoms with Crippen molar-refractivity contribution in [2.75, 3.05) is 13.6 Å². The van der Waals surface area contributed by atoms with Crippen LogP contribution in [0.4, 0.5) is 0 Å². The van der Waals surface area contributed by atoms with Crippen LogP contribution in [0, 0.1) is 0 Å². The maximum absolute atomic E-state index is 4.26. The number of unbranched alkanes of at least 4 members (excludes halogenated alkanes) is 2. The van der Waals surface area contributed by atoms with Crippen LogP contribution in [-0.2, 0) is 6.42 Å². The molecule has 0 atom stereocenters. The summed E-state index contributed by atoms with van der Waals surface area (Å²) in [7, 11) is 2.02. The van der Waals surface area contributed by atoms with Crippen LogP contribution < -0.4 is 5.32 Å². The second-order valence-corrected chi connectivity index (χ2v) is 5.73. The molecule has 2 aromatic rings. The summed E-state index contributed by atoms with van der Waals surface area (Å²) in [6, 6.07) is 13.3. The number of fused-ring (bicyclic) bond motifs is 1. The highest BCUT2D eigenvalue weighted by Crippen LogP contribution is 2.27. The molecule has 0 saturated carbocycles. The van der Waals surface area contributed by atoms with Gasteiger partial charge in [-0.3, -0.25) is 0 Å². The summed E-state index contributed by atoms with van der Waals surface area (Å²) >= 11 is 0. The Hall–Kier alpha value is -1.60. The fourth-order valence-corrected chi connectivity index (χ4v) is 2.81. The van der Waals surface area contributed by atoms with Crippen molar-refractivity contribution < 1.29 is 0 Å². The van der Waals surface area contributed by atoms with Gasteiger partial charge >= 0.3 is 0 Å². The van der Waals surface area contributed by atoms with E-state index in [1.165, 1.54) is 46.7 Å². The molecule has 0 saturated heterocycles. The van der Waals surface area contributed by atoms with Crippen LogP contribution >= 0.6 is 0 Å². The van der Waals surface area contributed by atoms with Crippen molar-refractivity contribution in [1.29, 1.82) is 0 Å². The second-order valence-electron chi connectivity index (χ2n) is 5.73. The molecule has 0 unspecified atom stereocenters. The Labute approximate surface area is 129 Å². The molecule has 0 aliphatic carbocycles. The van der Waals surface area contributed by atoms with Crippen molar-refractivity contribution in [2.45, 2.75) is 39.0 Å². The first kappa shape index (κ1) is 15.8. The summed E-state index contributed by atoms with van der Waals surface area (Å²) in [5.74, 6) is 0. The highest BCUT2D eigenvalue weighted by Gasteiger charge is 2.07. The third-order valence-electron chi connectivity index (χ3n) is 4.15. The number of aryl methyl sites for hydroxylation is 1. The Balaban J connectivity index is 2.20. The molecule has 0 radical (unpaired) electrons. The van der Waals surface area contributed by atoms with Gasteiger partial charge < -0.3 is 5.32 Å². The Morgan fingerprint density at radius 3 is 2.43 bits per heavy atom. The zero-order valence-corrected chi connectivity index (χ0v) is 13.4. The maximum atomic E-state index is 4.26. The molecule has 0 spiro atoms. The fourth-order valence-electron chi connectivity index (χ4n) is 2.81. The lowest BCUT2D eigenvalue weighted by Crippen LogP contribution is -2.07. The minimum absolute atomic E-state index is 1.02. The first-order valence-corrected chi connectivity index (χ1v) is 8.10. The summed E-state index contributed by atoms with van der Waals surface area (Å²) in [5, 5.41) is 5.88. The lowest BCUT2D eigenvalue weighted by molar-refractivity contribution is 0.642. The van der Waals surface area contributed by atoms with E-state index in [1.54, 1.807) is 0 Å². The van der Waals surface area contributed by atoms with Gasteiger partial charge in [0.25, 0.3) is 0 Å². The minimum Gasteiger partial charge on any atom is -0.320 e. The van der Waals surface area contributed by atoms with Gasteiger partial charge in [-0.15, -0.1) is 0 Å². The zero-order chi connectivity index (χ0) is 15.1. The molecule has 0 aliphatic rings. The minimum atomic E-state index is 1.02. The first-order chi connectivity index (χ1) is 10.3. The average molecular weight is 281 g/mol. The quantitative estimate of drug-likeness (QED) is 0.656. The molecule has 0 aromatic heterocycles. The average Bonchev–Trinajstić information content (AvgIpc) is 2.53. The number of nitrogens with one attached hydrogen (secondary N) is 1. The molecular formula is C20H27N. The van der Waals surface area contributed by atoms with Crippen LogP contribution in [0.2, 0.25) is 0 Å². The maximum Gasteiger partial charge on any atom is -0.00519 e. The van der Waals surface area contributed by atoms with E-state index in [1.807, 2.05) is 7.05 Å². The molecule has 21 heavy (non-hydrogen) atoms. The molecule has 0 heterocycles. The van der Waals surface area contributed by atoms with E-state index in [4.69, 9.17) is 0 Å². The summed E-state index contributed by atoms with van der Waals surface area (Å²) in [6.07, 6.45) is 5.97. The lowest BCUT2D eigenvalue weighted by atomic mass is 9.92. The van der Waals surface area contributed by atoms with E-state index in [0.29, 0.717) is 0 Å². The number of allylic oxidation sites excluding steroid dienone is 1. The van der Waals surface area contributed by atoms with E-state index in [-0.39, 0.29) is 0 Å². The molecule has 0 bridgehead atoms. The van der Waals surface area contributed by atoms with E-state index >= 15 is 0 Å². The predicted octanol–water partition coefficient (Wildman–Crippen LogP) is 5.20. The first-order valence-electron chi connectivity index (χ1n) is 8.10. The highest BCUT2D eigenvalue weighted by molar-refractivity contribution is 5.87. The second kappa shape index (κ2) is 7.99. The standard InChI is InChI=1S/C20H27N/c1-4-16(2)20-15-18-11-8-7-10-17(18)14-19(20)12-6-5-9-13-21-3/h7-8,10-11,14-15,21H,2,4-6,9,12-13H2,1,3H3. The molecule has 1 nitrogen and oxygen atoms in total. The summed E-state index contributed by atoms with van der Waals surface area (Å²) in [4.78, 5) is 0. The molecule has 0 amide bonds.